The highest BCUT2D eigenvalue weighted by molar-refractivity contribution is 7.48. The maximum Gasteiger partial charge on any atom is 0.529 e. The minimum absolute atomic E-state index is 0.143. The molecule has 0 radical (unpaired) electrons. The van der Waals surface area contributed by atoms with Crippen molar-refractivity contribution in [3.63, 3.8) is 0 Å². The molecule has 0 aromatic rings. The summed E-state index contributed by atoms with van der Waals surface area (Å²) in [7, 11) is -3.69. The highest BCUT2D eigenvalue weighted by atomic mass is 31.2. The van der Waals surface area contributed by atoms with E-state index in [0.717, 1.165) is 31.8 Å². The zero-order valence-corrected chi connectivity index (χ0v) is 14.3. The smallest absolute Gasteiger partial charge is 0.463 e. The zero-order chi connectivity index (χ0) is 16.1. The van der Waals surface area contributed by atoms with E-state index in [9.17, 15) is 9.36 Å². The van der Waals surface area contributed by atoms with Crippen molar-refractivity contribution in [1.82, 2.24) is 0 Å². The van der Waals surface area contributed by atoms with Gasteiger partial charge in [-0.1, -0.05) is 26.7 Å². The van der Waals surface area contributed by atoms with Crippen molar-refractivity contribution in [3.05, 3.63) is 11.8 Å². The molecule has 21 heavy (non-hydrogen) atoms. The average Bonchev–Trinajstić information content (AvgIpc) is 2.39. The molecule has 0 aliphatic carbocycles. The Balaban J connectivity index is 4.63. The molecular formula is C14H27O6P. The van der Waals surface area contributed by atoms with E-state index in [2.05, 4.69) is 0 Å². The van der Waals surface area contributed by atoms with Crippen LogP contribution in [0, 0.1) is 0 Å². The Morgan fingerprint density at radius 1 is 1.05 bits per heavy atom. The molecule has 0 heterocycles. The lowest BCUT2D eigenvalue weighted by Gasteiger charge is -2.18. The minimum atomic E-state index is -3.69. The second-order valence-electron chi connectivity index (χ2n) is 4.42. The first kappa shape index (κ1) is 20.2. The molecule has 0 aliphatic rings. The number of carbonyl (C=O) groups is 1. The number of allylic oxidation sites excluding steroid dienone is 1. The third-order valence-corrected chi connectivity index (χ3v) is 3.87. The maximum absolute atomic E-state index is 12.5. The third kappa shape index (κ3) is 10.5. The van der Waals surface area contributed by atoms with Crippen LogP contribution in [0.3, 0.4) is 0 Å². The number of carbonyl (C=O) groups excluding carboxylic acids is 1. The fraction of sp³-hybridized carbons (Fsp3) is 0.786. The number of unbranched alkanes of at least 4 members (excludes halogenated alkanes) is 2. The van der Waals surface area contributed by atoms with E-state index in [0.29, 0.717) is 0 Å². The van der Waals surface area contributed by atoms with E-state index >= 15 is 0 Å². The van der Waals surface area contributed by atoms with Crippen LogP contribution < -0.4 is 0 Å². The Bertz CT molecular complexity index is 352. The summed E-state index contributed by atoms with van der Waals surface area (Å²) in [6.45, 7) is 8.04. The predicted octanol–water partition coefficient (Wildman–Crippen LogP) is 4.21. The third-order valence-electron chi connectivity index (χ3n) is 2.36. The number of hydrogen-bond acceptors (Lipinski definition) is 6. The summed E-state index contributed by atoms with van der Waals surface area (Å²) in [6.07, 6.45) is 4.46. The van der Waals surface area contributed by atoms with Crippen molar-refractivity contribution in [2.75, 3.05) is 19.8 Å². The van der Waals surface area contributed by atoms with Gasteiger partial charge in [-0.25, -0.2) is 9.36 Å². The monoisotopic (exact) mass is 322 g/mol. The molecule has 0 atom stereocenters. The first-order chi connectivity index (χ1) is 9.97. The maximum atomic E-state index is 12.5. The van der Waals surface area contributed by atoms with Crippen molar-refractivity contribution in [1.29, 1.82) is 0 Å². The molecule has 0 rings (SSSR count). The van der Waals surface area contributed by atoms with Gasteiger partial charge >= 0.3 is 13.8 Å². The van der Waals surface area contributed by atoms with Gasteiger partial charge in [-0.3, -0.25) is 9.05 Å². The summed E-state index contributed by atoms with van der Waals surface area (Å²) >= 11 is 0. The van der Waals surface area contributed by atoms with Gasteiger partial charge in [0, 0.05) is 0 Å². The molecular weight excluding hydrogens is 295 g/mol. The number of esters is 1. The molecule has 0 saturated carbocycles. The van der Waals surface area contributed by atoms with E-state index in [1.807, 2.05) is 13.8 Å². The first-order valence-electron chi connectivity index (χ1n) is 7.41. The van der Waals surface area contributed by atoms with E-state index in [4.69, 9.17) is 18.3 Å². The lowest BCUT2D eigenvalue weighted by atomic mass is 10.4. The quantitative estimate of drug-likeness (QED) is 0.176. The van der Waals surface area contributed by atoms with E-state index in [-0.39, 0.29) is 25.6 Å². The van der Waals surface area contributed by atoms with Crippen LogP contribution in [-0.4, -0.2) is 25.8 Å². The van der Waals surface area contributed by atoms with Crippen molar-refractivity contribution in [3.8, 4) is 0 Å². The Morgan fingerprint density at radius 3 is 2.00 bits per heavy atom. The fourth-order valence-electron chi connectivity index (χ4n) is 1.28. The molecule has 0 bridgehead atoms. The number of hydrogen-bond donors (Lipinski definition) is 0. The van der Waals surface area contributed by atoms with Crippen LogP contribution in [0.15, 0.2) is 11.8 Å². The molecule has 124 valence electrons. The highest BCUT2D eigenvalue weighted by Gasteiger charge is 2.28. The summed E-state index contributed by atoms with van der Waals surface area (Å²) in [5, 5.41) is 0. The largest absolute Gasteiger partial charge is 0.529 e. The second kappa shape index (κ2) is 11.8. The van der Waals surface area contributed by atoms with Crippen LogP contribution in [0.5, 0.6) is 0 Å². The molecule has 0 spiro atoms. The molecule has 0 aromatic carbocycles. The van der Waals surface area contributed by atoms with Crippen LogP contribution in [0.2, 0.25) is 0 Å². The molecule has 0 N–H and O–H groups in total. The fourth-order valence-corrected chi connectivity index (χ4v) is 2.57. The number of phosphoric ester groups is 1. The van der Waals surface area contributed by atoms with Crippen LogP contribution in [0.1, 0.15) is 53.4 Å². The van der Waals surface area contributed by atoms with Gasteiger partial charge < -0.3 is 9.26 Å². The summed E-state index contributed by atoms with van der Waals surface area (Å²) in [5.41, 5.74) is 0. The van der Waals surface area contributed by atoms with Crippen LogP contribution in [-0.2, 0) is 27.7 Å². The molecule has 0 saturated heterocycles. The Kier molecular flexibility index (Phi) is 11.3. The van der Waals surface area contributed by atoms with Gasteiger partial charge in [-0.05, 0) is 26.7 Å². The van der Waals surface area contributed by atoms with Crippen molar-refractivity contribution >= 4 is 13.8 Å². The van der Waals surface area contributed by atoms with Gasteiger partial charge in [0.1, 0.15) is 5.76 Å². The minimum Gasteiger partial charge on any atom is -0.463 e. The zero-order valence-electron chi connectivity index (χ0n) is 13.4. The number of phosphoric acid groups is 1. The lowest BCUT2D eigenvalue weighted by molar-refractivity contribution is -0.137. The van der Waals surface area contributed by atoms with Gasteiger partial charge in [-0.2, -0.15) is 0 Å². The second-order valence-corrected chi connectivity index (χ2v) is 6.01. The summed E-state index contributed by atoms with van der Waals surface area (Å²) in [4.78, 5) is 11.3. The topological polar surface area (TPSA) is 71.1 Å². The predicted molar refractivity (Wildman–Crippen MR) is 80.8 cm³/mol. The highest BCUT2D eigenvalue weighted by Crippen LogP contribution is 2.51. The van der Waals surface area contributed by atoms with E-state index < -0.39 is 13.8 Å². The van der Waals surface area contributed by atoms with Gasteiger partial charge in [0.25, 0.3) is 0 Å². The molecule has 6 nitrogen and oxygen atoms in total. The first-order valence-corrected chi connectivity index (χ1v) is 8.87. The Morgan fingerprint density at radius 2 is 1.57 bits per heavy atom. The Hall–Kier alpha value is -0.840. The summed E-state index contributed by atoms with van der Waals surface area (Å²) in [5.74, 6) is -0.409. The van der Waals surface area contributed by atoms with Crippen molar-refractivity contribution in [2.45, 2.75) is 53.4 Å². The van der Waals surface area contributed by atoms with Crippen LogP contribution in [0.4, 0.5) is 0 Å². The number of ether oxygens (including phenoxy) is 1. The van der Waals surface area contributed by atoms with E-state index in [1.165, 1.54) is 6.92 Å². The van der Waals surface area contributed by atoms with Crippen LogP contribution >= 0.6 is 7.82 Å². The normalized spacial score (nSPS) is 12.3. The van der Waals surface area contributed by atoms with Crippen molar-refractivity contribution in [2.24, 2.45) is 0 Å². The average molecular weight is 322 g/mol. The SMILES string of the molecule is CCCCOP(=O)(OCCCC)OC(C)=CC(=O)OCC. The Labute approximate surface area is 127 Å². The molecule has 0 fully saturated rings. The van der Waals surface area contributed by atoms with Gasteiger partial charge in [0.05, 0.1) is 25.9 Å². The lowest BCUT2D eigenvalue weighted by Crippen LogP contribution is -2.05. The van der Waals surface area contributed by atoms with Gasteiger partial charge in [-0.15, -0.1) is 0 Å². The van der Waals surface area contributed by atoms with Gasteiger partial charge in [0.2, 0.25) is 0 Å². The molecule has 7 heteroatoms. The number of rotatable bonds is 12. The van der Waals surface area contributed by atoms with Gasteiger partial charge in [0.15, 0.2) is 0 Å². The summed E-state index contributed by atoms with van der Waals surface area (Å²) in [6, 6.07) is 0. The molecule has 0 unspecified atom stereocenters. The molecule has 0 aliphatic heterocycles. The molecule has 0 aromatic heterocycles. The van der Waals surface area contributed by atoms with Crippen molar-refractivity contribution < 1.29 is 27.7 Å². The van der Waals surface area contributed by atoms with E-state index in [1.54, 1.807) is 6.92 Å². The summed E-state index contributed by atoms with van der Waals surface area (Å²) < 4.78 is 32.9. The standard InChI is InChI=1S/C14H27O6P/c1-5-8-10-18-21(16,19-11-9-6-2)20-13(4)12-14(15)17-7-3/h12H,5-11H2,1-4H3. The molecule has 0 amide bonds. The van der Waals surface area contributed by atoms with Crippen LogP contribution in [0.25, 0.3) is 0 Å².